The topological polar surface area (TPSA) is 61.0 Å². The van der Waals surface area contributed by atoms with E-state index in [4.69, 9.17) is 5.26 Å². The normalized spacial score (nSPS) is 15.9. The summed E-state index contributed by atoms with van der Waals surface area (Å²) >= 11 is 0. The Balaban J connectivity index is 1.65. The Morgan fingerprint density at radius 2 is 1.85 bits per heavy atom. The van der Waals surface area contributed by atoms with Crippen molar-refractivity contribution in [1.29, 1.82) is 5.26 Å². The maximum Gasteiger partial charge on any atom is 0.433 e. The number of piperazine rings is 1. The predicted octanol–water partition coefficient (Wildman–Crippen LogP) is 2.34. The van der Waals surface area contributed by atoms with Crippen LogP contribution in [0, 0.1) is 18.3 Å². The number of rotatable bonds is 3. The van der Waals surface area contributed by atoms with Crippen molar-refractivity contribution in [2.24, 2.45) is 7.05 Å². The number of nitriles is 1. The van der Waals surface area contributed by atoms with E-state index in [-0.39, 0.29) is 5.95 Å². The van der Waals surface area contributed by atoms with Crippen LogP contribution in [0.4, 0.5) is 19.1 Å². The minimum absolute atomic E-state index is 0.128. The molecule has 3 heterocycles. The molecule has 0 atom stereocenters. The third-order valence-corrected chi connectivity index (χ3v) is 4.37. The molecule has 1 aliphatic rings. The number of aromatic nitrogens is 3. The second-order valence-corrected chi connectivity index (χ2v) is 6.41. The highest BCUT2D eigenvalue weighted by Crippen LogP contribution is 2.29. The molecule has 1 fully saturated rings. The van der Waals surface area contributed by atoms with E-state index in [0.29, 0.717) is 44.1 Å². The van der Waals surface area contributed by atoms with Crippen molar-refractivity contribution in [1.82, 2.24) is 19.4 Å². The Kier molecular flexibility index (Phi) is 4.87. The van der Waals surface area contributed by atoms with Crippen molar-refractivity contribution in [3.8, 4) is 6.07 Å². The molecule has 0 aromatic carbocycles. The first-order chi connectivity index (χ1) is 12.3. The largest absolute Gasteiger partial charge is 0.433 e. The van der Waals surface area contributed by atoms with Crippen LogP contribution in [0.25, 0.3) is 0 Å². The Bertz CT molecular complexity index is 828. The zero-order valence-corrected chi connectivity index (χ0v) is 14.6. The number of alkyl halides is 3. The number of aryl methyl sites for hydroxylation is 2. The van der Waals surface area contributed by atoms with Crippen molar-refractivity contribution in [2.75, 3.05) is 31.1 Å². The number of halogens is 3. The van der Waals surface area contributed by atoms with Crippen LogP contribution in [0.5, 0.6) is 0 Å². The van der Waals surface area contributed by atoms with E-state index in [2.05, 4.69) is 20.9 Å². The van der Waals surface area contributed by atoms with Gasteiger partial charge in [0.05, 0.1) is 0 Å². The molecular weight excluding hydrogens is 345 g/mol. The molecule has 0 spiro atoms. The number of hydrogen-bond donors (Lipinski definition) is 0. The quantitative estimate of drug-likeness (QED) is 0.837. The first kappa shape index (κ1) is 18.2. The molecule has 0 N–H and O–H groups in total. The molecular formula is C17H19F3N6. The van der Waals surface area contributed by atoms with Crippen molar-refractivity contribution in [3.63, 3.8) is 0 Å². The summed E-state index contributed by atoms with van der Waals surface area (Å²) in [5.74, 6) is 0.128. The van der Waals surface area contributed by atoms with E-state index in [9.17, 15) is 13.2 Å². The molecule has 6 nitrogen and oxygen atoms in total. The summed E-state index contributed by atoms with van der Waals surface area (Å²) < 4.78 is 40.6. The highest BCUT2D eigenvalue weighted by atomic mass is 19.4. The summed E-state index contributed by atoms with van der Waals surface area (Å²) in [4.78, 5) is 11.8. The molecule has 0 amide bonds. The molecule has 2 aromatic rings. The van der Waals surface area contributed by atoms with Gasteiger partial charge in [0.25, 0.3) is 0 Å². The molecule has 1 saturated heterocycles. The van der Waals surface area contributed by atoms with E-state index >= 15 is 0 Å². The van der Waals surface area contributed by atoms with E-state index in [1.807, 2.05) is 19.3 Å². The minimum atomic E-state index is -4.48. The third-order valence-electron chi connectivity index (χ3n) is 4.37. The molecule has 0 saturated carbocycles. The summed E-state index contributed by atoms with van der Waals surface area (Å²) in [7, 11) is 1.83. The average molecular weight is 364 g/mol. The van der Waals surface area contributed by atoms with E-state index in [0.717, 1.165) is 11.6 Å². The van der Waals surface area contributed by atoms with Gasteiger partial charge in [0.15, 0.2) is 0 Å². The van der Waals surface area contributed by atoms with Gasteiger partial charge in [-0.1, -0.05) is 0 Å². The molecule has 0 bridgehead atoms. The van der Waals surface area contributed by atoms with Gasteiger partial charge in [-0.3, -0.25) is 4.90 Å². The fourth-order valence-corrected chi connectivity index (χ4v) is 3.03. The Morgan fingerprint density at radius 1 is 1.15 bits per heavy atom. The van der Waals surface area contributed by atoms with Crippen molar-refractivity contribution in [2.45, 2.75) is 19.6 Å². The fourth-order valence-electron chi connectivity index (χ4n) is 3.03. The smallest absolute Gasteiger partial charge is 0.342 e. The fraction of sp³-hybridized carbons (Fsp3) is 0.471. The van der Waals surface area contributed by atoms with Gasteiger partial charge in [0, 0.05) is 51.7 Å². The van der Waals surface area contributed by atoms with Crippen molar-refractivity contribution < 1.29 is 13.2 Å². The van der Waals surface area contributed by atoms with Crippen LogP contribution in [-0.4, -0.2) is 45.6 Å². The van der Waals surface area contributed by atoms with Crippen molar-refractivity contribution in [3.05, 3.63) is 41.0 Å². The predicted molar refractivity (Wildman–Crippen MR) is 89.4 cm³/mol. The van der Waals surface area contributed by atoms with Gasteiger partial charge in [0.2, 0.25) is 5.95 Å². The summed E-state index contributed by atoms with van der Waals surface area (Å²) in [6.07, 6.45) is -2.56. The van der Waals surface area contributed by atoms with Crippen LogP contribution in [0.1, 0.15) is 22.6 Å². The molecule has 0 radical (unpaired) electrons. The molecule has 9 heteroatoms. The molecule has 1 aliphatic heterocycles. The van der Waals surface area contributed by atoms with Gasteiger partial charge in [-0.2, -0.15) is 18.4 Å². The summed E-state index contributed by atoms with van der Waals surface area (Å²) in [5, 5.41) is 9.02. The zero-order valence-electron chi connectivity index (χ0n) is 14.6. The maximum atomic E-state index is 12.9. The third kappa shape index (κ3) is 3.96. The first-order valence-corrected chi connectivity index (χ1v) is 8.22. The van der Waals surface area contributed by atoms with Crippen LogP contribution in [-0.2, 0) is 19.8 Å². The van der Waals surface area contributed by atoms with E-state index in [1.54, 1.807) is 16.4 Å². The lowest BCUT2D eigenvalue weighted by molar-refractivity contribution is -0.141. The van der Waals surface area contributed by atoms with Crippen LogP contribution in [0.15, 0.2) is 18.3 Å². The Hall–Kier alpha value is -2.60. The van der Waals surface area contributed by atoms with Gasteiger partial charge in [0.1, 0.15) is 17.5 Å². The number of hydrogen-bond acceptors (Lipinski definition) is 5. The molecule has 0 aliphatic carbocycles. The monoisotopic (exact) mass is 364 g/mol. The lowest BCUT2D eigenvalue weighted by atomic mass is 10.2. The van der Waals surface area contributed by atoms with Crippen LogP contribution in [0.2, 0.25) is 0 Å². The summed E-state index contributed by atoms with van der Waals surface area (Å²) in [6, 6.07) is 4.95. The SMILES string of the molecule is Cc1cc(C(F)(F)F)nc(N2CCN(Cc3cc(C#N)n(C)c3)CC2)n1. The molecule has 138 valence electrons. The highest BCUT2D eigenvalue weighted by Gasteiger charge is 2.34. The summed E-state index contributed by atoms with van der Waals surface area (Å²) in [5.41, 5.74) is 1.05. The molecule has 3 rings (SSSR count). The van der Waals surface area contributed by atoms with Gasteiger partial charge in [-0.25, -0.2) is 9.97 Å². The van der Waals surface area contributed by atoms with Crippen LogP contribution < -0.4 is 4.90 Å². The standard InChI is InChI=1S/C17H19F3N6/c1-12-7-15(17(18,19)20)23-16(22-12)26-5-3-25(4-6-26)11-13-8-14(9-21)24(2)10-13/h7-8,10H,3-6,11H2,1-2H3. The Morgan fingerprint density at radius 3 is 2.42 bits per heavy atom. The van der Waals surface area contributed by atoms with Gasteiger partial charge in [-0.05, 0) is 24.6 Å². The number of nitrogens with zero attached hydrogens (tertiary/aromatic N) is 6. The second kappa shape index (κ2) is 6.96. The zero-order chi connectivity index (χ0) is 18.9. The molecule has 2 aromatic heterocycles. The van der Waals surface area contributed by atoms with Gasteiger partial charge >= 0.3 is 6.18 Å². The van der Waals surface area contributed by atoms with Gasteiger partial charge < -0.3 is 9.47 Å². The lowest BCUT2D eigenvalue weighted by Crippen LogP contribution is -2.46. The lowest BCUT2D eigenvalue weighted by Gasteiger charge is -2.34. The van der Waals surface area contributed by atoms with Crippen molar-refractivity contribution >= 4 is 5.95 Å². The Labute approximate surface area is 149 Å². The first-order valence-electron chi connectivity index (χ1n) is 8.22. The second-order valence-electron chi connectivity index (χ2n) is 6.41. The van der Waals surface area contributed by atoms with E-state index in [1.165, 1.54) is 0 Å². The van der Waals surface area contributed by atoms with Gasteiger partial charge in [-0.15, -0.1) is 0 Å². The highest BCUT2D eigenvalue weighted by molar-refractivity contribution is 5.34. The summed E-state index contributed by atoms with van der Waals surface area (Å²) in [6.45, 7) is 4.73. The van der Waals surface area contributed by atoms with Crippen LogP contribution in [0.3, 0.4) is 0 Å². The molecule has 0 unspecified atom stereocenters. The maximum absolute atomic E-state index is 12.9. The average Bonchev–Trinajstić information content (AvgIpc) is 2.93. The van der Waals surface area contributed by atoms with E-state index < -0.39 is 11.9 Å². The molecule has 26 heavy (non-hydrogen) atoms. The minimum Gasteiger partial charge on any atom is -0.342 e. The number of anilines is 1. The van der Waals surface area contributed by atoms with Crippen LogP contribution >= 0.6 is 0 Å².